The van der Waals surface area contributed by atoms with Crippen molar-refractivity contribution in [2.75, 3.05) is 6.54 Å². The van der Waals surface area contributed by atoms with Gasteiger partial charge in [0, 0.05) is 6.54 Å². The van der Waals surface area contributed by atoms with E-state index in [4.69, 9.17) is 4.74 Å². The number of aliphatic hydroxyl groups is 2. The molecular formula is C13H24N2O3S. The first-order valence-electron chi connectivity index (χ1n) is 7.17. The molecule has 2 heterocycles. The molecule has 0 amide bonds. The molecule has 0 aromatic rings. The van der Waals surface area contributed by atoms with E-state index in [0.29, 0.717) is 0 Å². The highest BCUT2D eigenvalue weighted by molar-refractivity contribution is 8.14. The SMILES string of the molecule is CCCCC[C@H]1O[C@@H]2SC(NCC)=N[C@@H]2[C@@H](O)[C@@H]1O. The van der Waals surface area contributed by atoms with Gasteiger partial charge < -0.3 is 20.3 Å². The summed E-state index contributed by atoms with van der Waals surface area (Å²) in [5.74, 6) is 0. The van der Waals surface area contributed by atoms with Crippen molar-refractivity contribution in [3.8, 4) is 0 Å². The van der Waals surface area contributed by atoms with E-state index < -0.39 is 12.2 Å². The van der Waals surface area contributed by atoms with E-state index in [2.05, 4.69) is 17.2 Å². The van der Waals surface area contributed by atoms with Gasteiger partial charge in [0.15, 0.2) is 5.17 Å². The van der Waals surface area contributed by atoms with Crippen molar-refractivity contribution in [2.24, 2.45) is 4.99 Å². The molecule has 2 aliphatic rings. The van der Waals surface area contributed by atoms with Crippen LogP contribution >= 0.6 is 11.8 Å². The molecule has 0 aliphatic carbocycles. The lowest BCUT2D eigenvalue weighted by Crippen LogP contribution is -2.54. The first-order chi connectivity index (χ1) is 9.17. The van der Waals surface area contributed by atoms with Gasteiger partial charge in [-0.3, -0.25) is 4.99 Å². The van der Waals surface area contributed by atoms with Gasteiger partial charge in [-0.15, -0.1) is 0 Å². The molecule has 5 atom stereocenters. The van der Waals surface area contributed by atoms with Crippen LogP contribution in [0.3, 0.4) is 0 Å². The molecule has 1 fully saturated rings. The van der Waals surface area contributed by atoms with Crippen LogP contribution < -0.4 is 5.32 Å². The van der Waals surface area contributed by atoms with Gasteiger partial charge in [0.1, 0.15) is 23.7 Å². The van der Waals surface area contributed by atoms with E-state index in [-0.39, 0.29) is 17.6 Å². The maximum absolute atomic E-state index is 10.2. The lowest BCUT2D eigenvalue weighted by atomic mass is 9.95. The van der Waals surface area contributed by atoms with Gasteiger partial charge >= 0.3 is 0 Å². The minimum absolute atomic E-state index is 0.168. The summed E-state index contributed by atoms with van der Waals surface area (Å²) in [5, 5.41) is 24.3. The number of thioether (sulfide) groups is 1. The van der Waals surface area contributed by atoms with Crippen molar-refractivity contribution in [1.29, 1.82) is 0 Å². The van der Waals surface area contributed by atoms with Gasteiger partial charge in [0.25, 0.3) is 0 Å². The minimum atomic E-state index is -0.830. The summed E-state index contributed by atoms with van der Waals surface area (Å²) in [4.78, 5) is 4.40. The Balaban J connectivity index is 1.94. The standard InChI is InChI=1S/C13H24N2O3S/c1-3-5-6-7-8-10(16)11(17)9-12(18-8)19-13(15-9)14-4-2/h8-12,16-17H,3-7H2,1-2H3,(H,14,15)/t8-,9-,10-,11-,12-/m1/s1. The van der Waals surface area contributed by atoms with E-state index in [1.807, 2.05) is 6.92 Å². The maximum Gasteiger partial charge on any atom is 0.159 e. The number of ether oxygens (including phenoxy) is 1. The van der Waals surface area contributed by atoms with E-state index in [1.165, 1.54) is 11.8 Å². The van der Waals surface area contributed by atoms with E-state index in [1.54, 1.807) is 0 Å². The molecule has 0 unspecified atom stereocenters. The highest BCUT2D eigenvalue weighted by atomic mass is 32.2. The topological polar surface area (TPSA) is 74.1 Å². The Labute approximate surface area is 118 Å². The molecule has 6 heteroatoms. The van der Waals surface area contributed by atoms with Crippen LogP contribution in [0.2, 0.25) is 0 Å². The van der Waals surface area contributed by atoms with Gasteiger partial charge in [-0.05, 0) is 13.3 Å². The molecule has 0 saturated carbocycles. The Morgan fingerprint density at radius 3 is 2.74 bits per heavy atom. The predicted octanol–water partition coefficient (Wildman–Crippen LogP) is 1.09. The third kappa shape index (κ3) is 3.42. The maximum atomic E-state index is 10.2. The lowest BCUT2D eigenvalue weighted by Gasteiger charge is -2.38. The van der Waals surface area contributed by atoms with Crippen LogP contribution in [0.5, 0.6) is 0 Å². The van der Waals surface area contributed by atoms with Crippen molar-refractivity contribution in [2.45, 2.75) is 69.3 Å². The molecular weight excluding hydrogens is 264 g/mol. The highest BCUT2D eigenvalue weighted by Crippen LogP contribution is 2.37. The number of unbranched alkanes of at least 4 members (excludes halogenated alkanes) is 2. The lowest BCUT2D eigenvalue weighted by molar-refractivity contribution is -0.154. The summed E-state index contributed by atoms with van der Waals surface area (Å²) in [6.07, 6.45) is 2.16. The van der Waals surface area contributed by atoms with E-state index in [9.17, 15) is 10.2 Å². The number of rotatable bonds is 5. The Morgan fingerprint density at radius 2 is 2.05 bits per heavy atom. The minimum Gasteiger partial charge on any atom is -0.388 e. The van der Waals surface area contributed by atoms with Crippen LogP contribution in [0, 0.1) is 0 Å². The largest absolute Gasteiger partial charge is 0.388 e. The number of amidine groups is 1. The van der Waals surface area contributed by atoms with Crippen LogP contribution in [-0.4, -0.2) is 51.7 Å². The molecule has 2 aliphatic heterocycles. The second-order valence-electron chi connectivity index (χ2n) is 5.09. The van der Waals surface area contributed by atoms with E-state index >= 15 is 0 Å². The first-order valence-corrected chi connectivity index (χ1v) is 8.05. The molecule has 3 N–H and O–H groups in total. The fraction of sp³-hybridized carbons (Fsp3) is 0.923. The van der Waals surface area contributed by atoms with Crippen molar-refractivity contribution in [3.05, 3.63) is 0 Å². The molecule has 110 valence electrons. The second-order valence-corrected chi connectivity index (χ2v) is 6.18. The van der Waals surface area contributed by atoms with E-state index in [0.717, 1.165) is 37.4 Å². The summed E-state index contributed by atoms with van der Waals surface area (Å²) in [6.45, 7) is 4.95. The summed E-state index contributed by atoms with van der Waals surface area (Å²) >= 11 is 1.51. The number of nitrogens with zero attached hydrogens (tertiary/aromatic N) is 1. The summed E-state index contributed by atoms with van der Waals surface area (Å²) < 4.78 is 5.91. The molecule has 5 nitrogen and oxygen atoms in total. The Kier molecular flexibility index (Phi) is 5.50. The summed E-state index contributed by atoms with van der Waals surface area (Å²) in [7, 11) is 0. The number of hydrogen-bond acceptors (Lipinski definition) is 6. The number of hydrogen-bond donors (Lipinski definition) is 3. The fourth-order valence-corrected chi connectivity index (χ4v) is 3.69. The average molecular weight is 288 g/mol. The quantitative estimate of drug-likeness (QED) is 0.661. The number of aliphatic hydroxyl groups excluding tert-OH is 2. The molecule has 0 aromatic heterocycles. The monoisotopic (exact) mass is 288 g/mol. The molecule has 19 heavy (non-hydrogen) atoms. The Hall–Kier alpha value is -0.300. The van der Waals surface area contributed by atoms with Crippen molar-refractivity contribution in [3.63, 3.8) is 0 Å². The van der Waals surface area contributed by atoms with Crippen molar-refractivity contribution >= 4 is 16.9 Å². The number of nitrogens with one attached hydrogen (secondary N) is 1. The van der Waals surface area contributed by atoms with Crippen molar-refractivity contribution < 1.29 is 14.9 Å². The Morgan fingerprint density at radius 1 is 1.26 bits per heavy atom. The van der Waals surface area contributed by atoms with Gasteiger partial charge in [0.2, 0.25) is 0 Å². The Bertz CT molecular complexity index is 327. The zero-order valence-corrected chi connectivity index (χ0v) is 12.4. The van der Waals surface area contributed by atoms with Crippen LogP contribution in [0.15, 0.2) is 4.99 Å². The zero-order chi connectivity index (χ0) is 13.8. The smallest absolute Gasteiger partial charge is 0.159 e. The summed E-state index contributed by atoms with van der Waals surface area (Å²) in [5.41, 5.74) is -0.168. The van der Waals surface area contributed by atoms with Gasteiger partial charge in [-0.1, -0.05) is 37.9 Å². The fourth-order valence-electron chi connectivity index (χ4n) is 2.50. The second kappa shape index (κ2) is 6.92. The van der Waals surface area contributed by atoms with Crippen LogP contribution in [0.1, 0.15) is 39.5 Å². The highest BCUT2D eigenvalue weighted by Gasteiger charge is 2.47. The molecule has 0 radical (unpaired) electrons. The van der Waals surface area contributed by atoms with Gasteiger partial charge in [0.05, 0.1) is 6.10 Å². The molecule has 0 bridgehead atoms. The molecule has 0 aromatic carbocycles. The normalized spacial score (nSPS) is 37.9. The predicted molar refractivity (Wildman–Crippen MR) is 77.3 cm³/mol. The van der Waals surface area contributed by atoms with Crippen LogP contribution in [0.4, 0.5) is 0 Å². The zero-order valence-electron chi connectivity index (χ0n) is 11.6. The molecule has 2 rings (SSSR count). The number of fused-ring (bicyclic) bond motifs is 1. The third-order valence-corrected chi connectivity index (χ3v) is 4.68. The summed E-state index contributed by atoms with van der Waals surface area (Å²) in [6, 6.07) is -0.350. The first kappa shape index (κ1) is 15.1. The van der Waals surface area contributed by atoms with Crippen molar-refractivity contribution in [1.82, 2.24) is 5.32 Å². The number of aliphatic imine (C=N–C) groups is 1. The average Bonchev–Trinajstić information content (AvgIpc) is 2.79. The van der Waals surface area contributed by atoms with Crippen LogP contribution in [-0.2, 0) is 4.74 Å². The van der Waals surface area contributed by atoms with Gasteiger partial charge in [-0.2, -0.15) is 0 Å². The third-order valence-electron chi connectivity index (χ3n) is 3.58. The van der Waals surface area contributed by atoms with Crippen LogP contribution in [0.25, 0.3) is 0 Å². The van der Waals surface area contributed by atoms with Gasteiger partial charge in [-0.25, -0.2) is 0 Å². The molecule has 0 spiro atoms. The molecule has 1 saturated heterocycles.